The van der Waals surface area contributed by atoms with Crippen LogP contribution in [0.2, 0.25) is 0 Å². The van der Waals surface area contributed by atoms with E-state index in [4.69, 9.17) is 9.47 Å². The summed E-state index contributed by atoms with van der Waals surface area (Å²) in [4.78, 5) is 19.1. The Balaban J connectivity index is 1.66. The summed E-state index contributed by atoms with van der Waals surface area (Å²) in [6, 6.07) is 11.1. The van der Waals surface area contributed by atoms with Gasteiger partial charge in [-0.05, 0) is 30.7 Å². The SMILES string of the molecule is COc1ccc(C(=O)NC2CCN(c3ccccn3)C2)c(OC)c1. The van der Waals surface area contributed by atoms with E-state index in [9.17, 15) is 4.79 Å². The van der Waals surface area contributed by atoms with Gasteiger partial charge in [0.2, 0.25) is 0 Å². The lowest BCUT2D eigenvalue weighted by atomic mass is 10.1. The number of methoxy groups -OCH3 is 2. The number of benzene rings is 1. The molecule has 6 heteroatoms. The number of hydrogen-bond acceptors (Lipinski definition) is 5. The topological polar surface area (TPSA) is 63.7 Å². The van der Waals surface area contributed by atoms with Gasteiger partial charge in [-0.15, -0.1) is 0 Å². The Morgan fingerprint density at radius 1 is 1.25 bits per heavy atom. The number of anilines is 1. The molecule has 24 heavy (non-hydrogen) atoms. The van der Waals surface area contributed by atoms with Crippen molar-refractivity contribution >= 4 is 11.7 Å². The van der Waals surface area contributed by atoms with Gasteiger partial charge in [-0.1, -0.05) is 6.07 Å². The van der Waals surface area contributed by atoms with Crippen molar-refractivity contribution in [3.63, 3.8) is 0 Å². The lowest BCUT2D eigenvalue weighted by molar-refractivity contribution is 0.0937. The normalized spacial score (nSPS) is 16.8. The summed E-state index contributed by atoms with van der Waals surface area (Å²) in [6.07, 6.45) is 2.67. The zero-order valence-electron chi connectivity index (χ0n) is 13.9. The Bertz CT molecular complexity index is 706. The van der Waals surface area contributed by atoms with Crippen LogP contribution in [0.15, 0.2) is 42.6 Å². The van der Waals surface area contributed by atoms with Gasteiger partial charge in [-0.2, -0.15) is 0 Å². The highest BCUT2D eigenvalue weighted by molar-refractivity contribution is 5.97. The number of hydrogen-bond donors (Lipinski definition) is 1. The molecule has 1 atom stereocenters. The number of carbonyl (C=O) groups excluding carboxylic acids is 1. The molecule has 2 aromatic rings. The third-order valence-corrected chi connectivity index (χ3v) is 4.15. The Labute approximate surface area is 141 Å². The van der Waals surface area contributed by atoms with E-state index >= 15 is 0 Å². The molecule has 1 unspecified atom stereocenters. The summed E-state index contributed by atoms with van der Waals surface area (Å²) >= 11 is 0. The first-order valence-electron chi connectivity index (χ1n) is 7.90. The molecule has 1 aromatic heterocycles. The second-order valence-corrected chi connectivity index (χ2v) is 5.66. The van der Waals surface area contributed by atoms with Gasteiger partial charge in [0, 0.05) is 31.4 Å². The lowest BCUT2D eigenvalue weighted by Crippen LogP contribution is -2.37. The van der Waals surface area contributed by atoms with Crippen LogP contribution in [0.1, 0.15) is 16.8 Å². The maximum absolute atomic E-state index is 12.6. The van der Waals surface area contributed by atoms with Crippen molar-refractivity contribution in [1.82, 2.24) is 10.3 Å². The van der Waals surface area contributed by atoms with Crippen LogP contribution in [0.4, 0.5) is 5.82 Å². The van der Waals surface area contributed by atoms with Crippen LogP contribution in [0.3, 0.4) is 0 Å². The molecule has 0 aliphatic carbocycles. The summed E-state index contributed by atoms with van der Waals surface area (Å²) in [5.74, 6) is 1.97. The summed E-state index contributed by atoms with van der Waals surface area (Å²) in [5.41, 5.74) is 0.509. The number of amides is 1. The van der Waals surface area contributed by atoms with Gasteiger partial charge in [0.1, 0.15) is 17.3 Å². The zero-order valence-corrected chi connectivity index (χ0v) is 13.9. The molecule has 0 radical (unpaired) electrons. The summed E-state index contributed by atoms with van der Waals surface area (Å²) in [7, 11) is 3.13. The van der Waals surface area contributed by atoms with Crippen LogP contribution < -0.4 is 19.7 Å². The number of nitrogens with zero attached hydrogens (tertiary/aromatic N) is 2. The van der Waals surface area contributed by atoms with Crippen LogP contribution in [0.25, 0.3) is 0 Å². The number of ether oxygens (including phenoxy) is 2. The Hall–Kier alpha value is -2.76. The molecule has 0 saturated carbocycles. The van der Waals surface area contributed by atoms with Crippen LogP contribution in [-0.2, 0) is 0 Å². The average molecular weight is 327 g/mol. The predicted molar refractivity (Wildman–Crippen MR) is 91.9 cm³/mol. The van der Waals surface area contributed by atoms with Crippen molar-refractivity contribution in [2.45, 2.75) is 12.5 Å². The highest BCUT2D eigenvalue weighted by Crippen LogP contribution is 2.25. The van der Waals surface area contributed by atoms with Crippen molar-refractivity contribution in [2.75, 3.05) is 32.2 Å². The third-order valence-electron chi connectivity index (χ3n) is 4.15. The number of nitrogens with one attached hydrogen (secondary N) is 1. The largest absolute Gasteiger partial charge is 0.497 e. The molecule has 1 N–H and O–H groups in total. The standard InChI is InChI=1S/C18H21N3O3/c1-23-14-6-7-15(16(11-14)24-2)18(22)20-13-8-10-21(12-13)17-5-3-4-9-19-17/h3-7,9,11,13H,8,10,12H2,1-2H3,(H,20,22). The first-order chi connectivity index (χ1) is 11.7. The maximum atomic E-state index is 12.6. The van der Waals surface area contributed by atoms with E-state index < -0.39 is 0 Å². The molecule has 6 nitrogen and oxygen atoms in total. The molecule has 1 saturated heterocycles. The van der Waals surface area contributed by atoms with Crippen LogP contribution in [0, 0.1) is 0 Å². The monoisotopic (exact) mass is 327 g/mol. The molecule has 2 heterocycles. The van der Waals surface area contributed by atoms with Gasteiger partial charge in [0.25, 0.3) is 5.91 Å². The minimum atomic E-state index is -0.137. The van der Waals surface area contributed by atoms with E-state index in [1.165, 1.54) is 0 Å². The van der Waals surface area contributed by atoms with Crippen LogP contribution in [-0.4, -0.2) is 44.2 Å². The van der Waals surface area contributed by atoms with E-state index in [0.717, 1.165) is 25.3 Å². The molecule has 1 fully saturated rings. The number of carbonyl (C=O) groups is 1. The molecular weight excluding hydrogens is 306 g/mol. The van der Waals surface area contributed by atoms with E-state index in [0.29, 0.717) is 17.1 Å². The smallest absolute Gasteiger partial charge is 0.255 e. The van der Waals surface area contributed by atoms with Gasteiger partial charge < -0.3 is 19.7 Å². The lowest BCUT2D eigenvalue weighted by Gasteiger charge is -2.18. The fraction of sp³-hybridized carbons (Fsp3) is 0.333. The fourth-order valence-corrected chi connectivity index (χ4v) is 2.88. The van der Waals surface area contributed by atoms with Gasteiger partial charge in [-0.25, -0.2) is 4.98 Å². The Morgan fingerprint density at radius 3 is 2.83 bits per heavy atom. The van der Waals surface area contributed by atoms with E-state index in [2.05, 4.69) is 15.2 Å². The average Bonchev–Trinajstić information content (AvgIpc) is 3.10. The molecule has 1 aromatic carbocycles. The molecular formula is C18H21N3O3. The van der Waals surface area contributed by atoms with E-state index in [-0.39, 0.29) is 11.9 Å². The zero-order chi connectivity index (χ0) is 16.9. The maximum Gasteiger partial charge on any atom is 0.255 e. The van der Waals surface area contributed by atoms with Crippen molar-refractivity contribution in [3.05, 3.63) is 48.2 Å². The first kappa shape index (κ1) is 16.1. The second-order valence-electron chi connectivity index (χ2n) is 5.66. The van der Waals surface area contributed by atoms with Gasteiger partial charge >= 0.3 is 0 Å². The Morgan fingerprint density at radius 2 is 2.12 bits per heavy atom. The van der Waals surface area contributed by atoms with E-state index in [1.807, 2.05) is 18.2 Å². The van der Waals surface area contributed by atoms with Crippen LogP contribution in [0.5, 0.6) is 11.5 Å². The van der Waals surface area contributed by atoms with Gasteiger partial charge in [0.15, 0.2) is 0 Å². The van der Waals surface area contributed by atoms with E-state index in [1.54, 1.807) is 38.6 Å². The van der Waals surface area contributed by atoms with Crippen molar-refractivity contribution in [3.8, 4) is 11.5 Å². The Kier molecular flexibility index (Phi) is 4.84. The van der Waals surface area contributed by atoms with Crippen LogP contribution >= 0.6 is 0 Å². The number of pyridine rings is 1. The number of aromatic nitrogens is 1. The molecule has 3 rings (SSSR count). The molecule has 1 amide bonds. The molecule has 126 valence electrons. The summed E-state index contributed by atoms with van der Waals surface area (Å²) in [5, 5.41) is 3.08. The molecule has 1 aliphatic rings. The number of rotatable bonds is 5. The minimum Gasteiger partial charge on any atom is -0.497 e. The predicted octanol–water partition coefficient (Wildman–Crippen LogP) is 2.11. The van der Waals surface area contributed by atoms with Crippen molar-refractivity contribution in [2.24, 2.45) is 0 Å². The van der Waals surface area contributed by atoms with Crippen molar-refractivity contribution in [1.29, 1.82) is 0 Å². The minimum absolute atomic E-state index is 0.0892. The summed E-state index contributed by atoms with van der Waals surface area (Å²) < 4.78 is 10.5. The van der Waals surface area contributed by atoms with Crippen molar-refractivity contribution < 1.29 is 14.3 Å². The van der Waals surface area contributed by atoms with Gasteiger partial charge in [-0.3, -0.25) is 4.79 Å². The summed E-state index contributed by atoms with van der Waals surface area (Å²) in [6.45, 7) is 1.63. The molecule has 1 aliphatic heterocycles. The fourth-order valence-electron chi connectivity index (χ4n) is 2.88. The highest BCUT2D eigenvalue weighted by atomic mass is 16.5. The quantitative estimate of drug-likeness (QED) is 0.911. The highest BCUT2D eigenvalue weighted by Gasteiger charge is 2.26. The first-order valence-corrected chi connectivity index (χ1v) is 7.90. The molecule has 0 spiro atoms. The second kappa shape index (κ2) is 7.21. The third kappa shape index (κ3) is 3.42. The van der Waals surface area contributed by atoms with Gasteiger partial charge in [0.05, 0.1) is 19.8 Å². The molecule has 0 bridgehead atoms.